The Morgan fingerprint density at radius 1 is 0.800 bits per heavy atom. The minimum Gasteiger partial charge on any atom is -0.106 e. The maximum Gasteiger partial charge on any atom is -0.0398 e. The number of hydrogen-bond acceptors (Lipinski definition) is 0. The van der Waals surface area contributed by atoms with Crippen LogP contribution in [0.25, 0.3) is 0 Å². The highest BCUT2D eigenvalue weighted by Gasteiger charge is 1.79. The second-order valence-electron chi connectivity index (χ2n) is 2.15. The van der Waals surface area contributed by atoms with Gasteiger partial charge in [0.1, 0.15) is 0 Å². The molecule has 0 aliphatic carbocycles. The Morgan fingerprint density at radius 3 is 1.20 bits per heavy atom. The van der Waals surface area contributed by atoms with Crippen LogP contribution in [0, 0.1) is 13.8 Å². The van der Waals surface area contributed by atoms with Gasteiger partial charge < -0.3 is 0 Å². The van der Waals surface area contributed by atoms with Crippen molar-refractivity contribution in [1.82, 2.24) is 0 Å². The fraction of sp³-hybridized carbons (Fsp3) is 0.200. The molecule has 0 bridgehead atoms. The summed E-state index contributed by atoms with van der Waals surface area (Å²) >= 11 is 0. The van der Waals surface area contributed by atoms with E-state index in [0.29, 0.717) is 0 Å². The van der Waals surface area contributed by atoms with Gasteiger partial charge in [-0.1, -0.05) is 35.4 Å². The molecule has 0 heteroatoms. The SMILES string of the molecule is C=C.Cc1ccc(C)cc1. The highest BCUT2D eigenvalue weighted by molar-refractivity contribution is 5.19. The maximum absolute atomic E-state index is 3.00. The molecule has 0 nitrogen and oxygen atoms in total. The molecule has 0 fully saturated rings. The van der Waals surface area contributed by atoms with Crippen LogP contribution in [-0.4, -0.2) is 0 Å². The quantitative estimate of drug-likeness (QED) is 0.478. The molecule has 0 aromatic heterocycles. The lowest BCUT2D eigenvalue weighted by molar-refractivity contribution is 1.40. The Balaban J connectivity index is 0.000000371. The van der Waals surface area contributed by atoms with Gasteiger partial charge in [-0.25, -0.2) is 0 Å². The Bertz CT molecular complexity index is 151. The van der Waals surface area contributed by atoms with E-state index in [2.05, 4.69) is 51.3 Å². The molecule has 0 saturated heterocycles. The van der Waals surface area contributed by atoms with Gasteiger partial charge in [0.15, 0.2) is 0 Å². The van der Waals surface area contributed by atoms with Crippen molar-refractivity contribution in [3.8, 4) is 0 Å². The summed E-state index contributed by atoms with van der Waals surface area (Å²) in [5, 5.41) is 0. The third-order valence-electron chi connectivity index (χ3n) is 1.22. The summed E-state index contributed by atoms with van der Waals surface area (Å²) in [5.41, 5.74) is 2.66. The molecule has 0 heterocycles. The van der Waals surface area contributed by atoms with E-state index in [0.717, 1.165) is 0 Å². The van der Waals surface area contributed by atoms with E-state index < -0.39 is 0 Å². The van der Waals surface area contributed by atoms with Crippen LogP contribution < -0.4 is 0 Å². The van der Waals surface area contributed by atoms with E-state index >= 15 is 0 Å². The van der Waals surface area contributed by atoms with Crippen LogP contribution in [0.15, 0.2) is 37.4 Å². The summed E-state index contributed by atoms with van der Waals surface area (Å²) in [6, 6.07) is 8.48. The van der Waals surface area contributed by atoms with Crippen molar-refractivity contribution in [2.45, 2.75) is 13.8 Å². The van der Waals surface area contributed by atoms with Gasteiger partial charge in [-0.3, -0.25) is 0 Å². The van der Waals surface area contributed by atoms with Crippen LogP contribution in [0.3, 0.4) is 0 Å². The summed E-state index contributed by atoms with van der Waals surface area (Å²) in [6.45, 7) is 10.2. The standard InChI is InChI=1S/C8H10.C2H4/c1-7-3-5-8(2)6-4-7;1-2/h3-6H,1-2H3;1-2H2. The van der Waals surface area contributed by atoms with Gasteiger partial charge in [0.25, 0.3) is 0 Å². The number of aryl methyl sites for hydroxylation is 2. The lowest BCUT2D eigenvalue weighted by Gasteiger charge is -1.90. The first-order valence-electron chi connectivity index (χ1n) is 3.32. The summed E-state index contributed by atoms with van der Waals surface area (Å²) in [6.07, 6.45) is 0. The minimum absolute atomic E-state index is 1.33. The Hall–Kier alpha value is -1.04. The normalized spacial score (nSPS) is 7.80. The van der Waals surface area contributed by atoms with Crippen molar-refractivity contribution in [2.75, 3.05) is 0 Å². The molecule has 0 amide bonds. The average Bonchev–Trinajstić information content (AvgIpc) is 2.00. The smallest absolute Gasteiger partial charge is 0.0398 e. The molecule has 0 spiro atoms. The molecular weight excluding hydrogens is 120 g/mol. The predicted octanol–water partition coefficient (Wildman–Crippen LogP) is 3.11. The first-order valence-corrected chi connectivity index (χ1v) is 3.32. The van der Waals surface area contributed by atoms with Gasteiger partial charge in [-0.05, 0) is 13.8 Å². The van der Waals surface area contributed by atoms with Crippen molar-refractivity contribution in [3.05, 3.63) is 48.6 Å². The van der Waals surface area contributed by atoms with Crippen molar-refractivity contribution in [3.63, 3.8) is 0 Å². The topological polar surface area (TPSA) is 0 Å². The molecule has 10 heavy (non-hydrogen) atoms. The molecular formula is C10H14. The largest absolute Gasteiger partial charge is 0.106 e. The van der Waals surface area contributed by atoms with Crippen molar-refractivity contribution in [2.24, 2.45) is 0 Å². The van der Waals surface area contributed by atoms with Crippen LogP contribution in [-0.2, 0) is 0 Å². The molecule has 0 aliphatic rings. The maximum atomic E-state index is 3.00. The number of benzene rings is 1. The molecule has 54 valence electrons. The van der Waals surface area contributed by atoms with Gasteiger partial charge in [-0.2, -0.15) is 0 Å². The zero-order valence-electron chi connectivity index (χ0n) is 6.72. The van der Waals surface area contributed by atoms with Crippen molar-refractivity contribution >= 4 is 0 Å². The molecule has 0 N–H and O–H groups in total. The van der Waals surface area contributed by atoms with E-state index in [1.54, 1.807) is 0 Å². The van der Waals surface area contributed by atoms with E-state index in [-0.39, 0.29) is 0 Å². The fourth-order valence-electron chi connectivity index (χ4n) is 0.637. The third-order valence-corrected chi connectivity index (χ3v) is 1.22. The van der Waals surface area contributed by atoms with Crippen LogP contribution in [0.5, 0.6) is 0 Å². The van der Waals surface area contributed by atoms with Crippen molar-refractivity contribution < 1.29 is 0 Å². The van der Waals surface area contributed by atoms with Gasteiger partial charge >= 0.3 is 0 Å². The minimum atomic E-state index is 1.33. The molecule has 1 aromatic carbocycles. The van der Waals surface area contributed by atoms with E-state index in [1.807, 2.05) is 0 Å². The van der Waals surface area contributed by atoms with Gasteiger partial charge in [0.2, 0.25) is 0 Å². The molecule has 0 saturated carbocycles. The zero-order chi connectivity index (χ0) is 7.98. The molecule has 0 unspecified atom stereocenters. The monoisotopic (exact) mass is 134 g/mol. The zero-order valence-corrected chi connectivity index (χ0v) is 6.72. The van der Waals surface area contributed by atoms with Crippen molar-refractivity contribution in [1.29, 1.82) is 0 Å². The highest BCUT2D eigenvalue weighted by atomic mass is 13.9. The predicted molar refractivity (Wildman–Crippen MR) is 47.2 cm³/mol. The number of rotatable bonds is 0. The molecule has 0 aliphatic heterocycles. The Kier molecular flexibility index (Phi) is 4.30. The fourth-order valence-corrected chi connectivity index (χ4v) is 0.637. The molecule has 1 aromatic rings. The van der Waals surface area contributed by atoms with Crippen LogP contribution in [0.2, 0.25) is 0 Å². The summed E-state index contributed by atoms with van der Waals surface area (Å²) in [7, 11) is 0. The van der Waals surface area contributed by atoms with Gasteiger partial charge in [0.05, 0.1) is 0 Å². The van der Waals surface area contributed by atoms with E-state index in [9.17, 15) is 0 Å². The lowest BCUT2D eigenvalue weighted by atomic mass is 10.2. The second kappa shape index (κ2) is 4.80. The molecule has 0 atom stereocenters. The second-order valence-corrected chi connectivity index (χ2v) is 2.15. The first-order chi connectivity index (χ1) is 4.79. The third kappa shape index (κ3) is 3.08. The molecule has 0 radical (unpaired) electrons. The molecule has 1 rings (SSSR count). The number of hydrogen-bond donors (Lipinski definition) is 0. The average molecular weight is 134 g/mol. The van der Waals surface area contributed by atoms with Crippen LogP contribution in [0.4, 0.5) is 0 Å². The highest BCUT2D eigenvalue weighted by Crippen LogP contribution is 1.99. The summed E-state index contributed by atoms with van der Waals surface area (Å²) in [4.78, 5) is 0. The van der Waals surface area contributed by atoms with Gasteiger partial charge in [-0.15, -0.1) is 13.2 Å². The Morgan fingerprint density at radius 2 is 1.00 bits per heavy atom. The van der Waals surface area contributed by atoms with Crippen LogP contribution >= 0.6 is 0 Å². The Labute approximate surface area is 63.2 Å². The van der Waals surface area contributed by atoms with E-state index in [4.69, 9.17) is 0 Å². The first kappa shape index (κ1) is 8.96. The van der Waals surface area contributed by atoms with Crippen LogP contribution in [0.1, 0.15) is 11.1 Å². The van der Waals surface area contributed by atoms with Gasteiger partial charge in [0, 0.05) is 0 Å². The summed E-state index contributed by atoms with van der Waals surface area (Å²) < 4.78 is 0. The summed E-state index contributed by atoms with van der Waals surface area (Å²) in [5.74, 6) is 0. The lowest BCUT2D eigenvalue weighted by Crippen LogP contribution is -1.70. The van der Waals surface area contributed by atoms with E-state index in [1.165, 1.54) is 11.1 Å².